The predicted molar refractivity (Wildman–Crippen MR) is 50.9 cm³/mol. The van der Waals surface area contributed by atoms with Crippen molar-refractivity contribution in [2.24, 2.45) is 0 Å². The van der Waals surface area contributed by atoms with Gasteiger partial charge in [0, 0.05) is 10.9 Å². The second kappa shape index (κ2) is 3.12. The first-order chi connectivity index (χ1) is 6.93. The van der Waals surface area contributed by atoms with E-state index < -0.39 is 0 Å². The molecule has 0 unspecified atom stereocenters. The van der Waals surface area contributed by atoms with Crippen LogP contribution in [0.15, 0.2) is 34.9 Å². The molecule has 1 aliphatic heterocycles. The highest BCUT2D eigenvalue weighted by atomic mass is 16.7. The number of fused-ring (bicyclic) bond motifs is 1. The smallest absolute Gasteiger partial charge is 0.184 e. The summed E-state index contributed by atoms with van der Waals surface area (Å²) < 4.78 is 16.1. The van der Waals surface area contributed by atoms with Gasteiger partial charge in [-0.15, -0.1) is 0 Å². The molecular formula is C11H10O3. The maximum Gasteiger partial charge on any atom is 0.184 e. The van der Waals surface area contributed by atoms with Crippen LogP contribution >= 0.6 is 0 Å². The van der Waals surface area contributed by atoms with Crippen LogP contribution in [0.25, 0.3) is 11.0 Å². The Morgan fingerprint density at radius 1 is 1.07 bits per heavy atom. The molecule has 1 aromatic heterocycles. The van der Waals surface area contributed by atoms with E-state index in [4.69, 9.17) is 13.9 Å². The van der Waals surface area contributed by atoms with Crippen LogP contribution < -0.4 is 0 Å². The van der Waals surface area contributed by atoms with Crippen molar-refractivity contribution in [3.63, 3.8) is 0 Å². The van der Waals surface area contributed by atoms with Gasteiger partial charge in [-0.1, -0.05) is 6.07 Å². The number of furan rings is 1. The van der Waals surface area contributed by atoms with Crippen molar-refractivity contribution in [1.82, 2.24) is 0 Å². The lowest BCUT2D eigenvalue weighted by Gasteiger charge is -2.08. The molecule has 0 radical (unpaired) electrons. The van der Waals surface area contributed by atoms with Gasteiger partial charge in [0.05, 0.1) is 19.5 Å². The van der Waals surface area contributed by atoms with E-state index in [-0.39, 0.29) is 6.29 Å². The van der Waals surface area contributed by atoms with Crippen LogP contribution in [0.1, 0.15) is 11.9 Å². The maximum absolute atomic E-state index is 5.41. The Morgan fingerprint density at radius 3 is 2.79 bits per heavy atom. The largest absolute Gasteiger partial charge is 0.464 e. The van der Waals surface area contributed by atoms with Gasteiger partial charge in [-0.3, -0.25) is 0 Å². The second-order valence-electron chi connectivity index (χ2n) is 3.29. The molecule has 3 heteroatoms. The minimum atomic E-state index is -0.200. The normalized spacial score (nSPS) is 18.0. The molecule has 0 spiro atoms. The second-order valence-corrected chi connectivity index (χ2v) is 3.29. The van der Waals surface area contributed by atoms with E-state index >= 15 is 0 Å². The van der Waals surface area contributed by atoms with Gasteiger partial charge < -0.3 is 13.9 Å². The molecule has 1 fully saturated rings. The van der Waals surface area contributed by atoms with Gasteiger partial charge >= 0.3 is 0 Å². The number of rotatable bonds is 1. The van der Waals surface area contributed by atoms with E-state index in [0.29, 0.717) is 13.2 Å². The number of ether oxygens (including phenoxy) is 2. The van der Waals surface area contributed by atoms with Crippen molar-refractivity contribution in [1.29, 1.82) is 0 Å². The van der Waals surface area contributed by atoms with Crippen LogP contribution in [-0.4, -0.2) is 13.2 Å². The molecule has 0 saturated carbocycles. The summed E-state index contributed by atoms with van der Waals surface area (Å²) in [5, 5.41) is 1.08. The molecule has 0 amide bonds. The number of benzene rings is 1. The first-order valence-corrected chi connectivity index (χ1v) is 4.64. The predicted octanol–water partition coefficient (Wildman–Crippen LogP) is 2.48. The van der Waals surface area contributed by atoms with Crippen molar-refractivity contribution in [3.05, 3.63) is 36.1 Å². The fourth-order valence-electron chi connectivity index (χ4n) is 1.68. The first kappa shape index (κ1) is 8.03. The average molecular weight is 190 g/mol. The van der Waals surface area contributed by atoms with Crippen molar-refractivity contribution < 1.29 is 13.9 Å². The zero-order valence-corrected chi connectivity index (χ0v) is 7.60. The van der Waals surface area contributed by atoms with Crippen LogP contribution in [0.5, 0.6) is 0 Å². The van der Waals surface area contributed by atoms with Gasteiger partial charge in [0.2, 0.25) is 0 Å². The van der Waals surface area contributed by atoms with Crippen molar-refractivity contribution in [2.45, 2.75) is 6.29 Å². The van der Waals surface area contributed by atoms with E-state index in [9.17, 15) is 0 Å². The average Bonchev–Trinajstić information content (AvgIpc) is 2.88. The van der Waals surface area contributed by atoms with Crippen LogP contribution in [0.2, 0.25) is 0 Å². The molecule has 14 heavy (non-hydrogen) atoms. The fraction of sp³-hybridized carbons (Fsp3) is 0.273. The Hall–Kier alpha value is -1.32. The van der Waals surface area contributed by atoms with Gasteiger partial charge in [-0.25, -0.2) is 0 Å². The molecule has 0 N–H and O–H groups in total. The molecule has 1 aromatic carbocycles. The molecule has 3 rings (SSSR count). The summed E-state index contributed by atoms with van der Waals surface area (Å²) in [5.74, 6) is 0. The summed E-state index contributed by atoms with van der Waals surface area (Å²) in [7, 11) is 0. The molecule has 3 nitrogen and oxygen atoms in total. The first-order valence-electron chi connectivity index (χ1n) is 4.64. The summed E-state index contributed by atoms with van der Waals surface area (Å²) in [4.78, 5) is 0. The van der Waals surface area contributed by atoms with E-state index in [1.54, 1.807) is 6.26 Å². The summed E-state index contributed by atoms with van der Waals surface area (Å²) in [5.41, 5.74) is 1.95. The Labute approximate surface area is 81.2 Å². The molecule has 0 atom stereocenters. The summed E-state index contributed by atoms with van der Waals surface area (Å²) >= 11 is 0. The Balaban J connectivity index is 2.04. The fourth-order valence-corrected chi connectivity index (χ4v) is 1.68. The standard InChI is InChI=1S/C11H10O3/c1-2-10-8(3-4-12-10)7-9(1)11-13-5-6-14-11/h1-4,7,11H,5-6H2. The lowest BCUT2D eigenvalue weighted by atomic mass is 10.1. The van der Waals surface area contributed by atoms with E-state index in [0.717, 1.165) is 16.5 Å². The monoisotopic (exact) mass is 190 g/mol. The summed E-state index contributed by atoms with van der Waals surface area (Å²) in [6.07, 6.45) is 1.49. The van der Waals surface area contributed by atoms with Crippen molar-refractivity contribution in [3.8, 4) is 0 Å². The zero-order valence-electron chi connectivity index (χ0n) is 7.60. The maximum atomic E-state index is 5.41. The molecule has 1 aliphatic rings. The highest BCUT2D eigenvalue weighted by Gasteiger charge is 2.18. The Kier molecular flexibility index (Phi) is 1.79. The summed E-state index contributed by atoms with van der Waals surface area (Å²) in [6, 6.07) is 7.89. The van der Waals surface area contributed by atoms with Gasteiger partial charge in [-0.2, -0.15) is 0 Å². The molecule has 2 aromatic rings. The van der Waals surface area contributed by atoms with Crippen molar-refractivity contribution in [2.75, 3.05) is 13.2 Å². The minimum Gasteiger partial charge on any atom is -0.464 e. The lowest BCUT2D eigenvalue weighted by molar-refractivity contribution is -0.0440. The van der Waals surface area contributed by atoms with Gasteiger partial charge in [0.25, 0.3) is 0 Å². The highest BCUT2D eigenvalue weighted by molar-refractivity contribution is 5.77. The quantitative estimate of drug-likeness (QED) is 0.692. The zero-order chi connectivity index (χ0) is 9.38. The van der Waals surface area contributed by atoms with Crippen LogP contribution in [0.3, 0.4) is 0 Å². The molecular weight excluding hydrogens is 180 g/mol. The van der Waals surface area contributed by atoms with Crippen LogP contribution in [-0.2, 0) is 9.47 Å². The molecule has 2 heterocycles. The van der Waals surface area contributed by atoms with E-state index in [1.165, 1.54) is 0 Å². The highest BCUT2D eigenvalue weighted by Crippen LogP contribution is 2.26. The third kappa shape index (κ3) is 1.22. The van der Waals surface area contributed by atoms with Gasteiger partial charge in [0.1, 0.15) is 5.58 Å². The van der Waals surface area contributed by atoms with E-state index in [2.05, 4.69) is 0 Å². The van der Waals surface area contributed by atoms with Crippen LogP contribution in [0, 0.1) is 0 Å². The third-order valence-corrected chi connectivity index (χ3v) is 2.37. The summed E-state index contributed by atoms with van der Waals surface area (Å²) in [6.45, 7) is 1.35. The lowest BCUT2D eigenvalue weighted by Crippen LogP contribution is -1.96. The third-order valence-electron chi connectivity index (χ3n) is 2.37. The number of hydrogen-bond donors (Lipinski definition) is 0. The van der Waals surface area contributed by atoms with E-state index in [1.807, 2.05) is 24.3 Å². The number of hydrogen-bond acceptors (Lipinski definition) is 3. The topological polar surface area (TPSA) is 31.6 Å². The molecule has 0 bridgehead atoms. The molecule has 72 valence electrons. The minimum absolute atomic E-state index is 0.200. The van der Waals surface area contributed by atoms with Crippen LogP contribution in [0.4, 0.5) is 0 Å². The van der Waals surface area contributed by atoms with Gasteiger partial charge in [0.15, 0.2) is 6.29 Å². The Morgan fingerprint density at radius 2 is 1.93 bits per heavy atom. The molecule has 1 saturated heterocycles. The van der Waals surface area contributed by atoms with Gasteiger partial charge in [-0.05, 0) is 18.2 Å². The van der Waals surface area contributed by atoms with Crippen molar-refractivity contribution >= 4 is 11.0 Å². The molecule has 0 aliphatic carbocycles. The SMILES string of the molecule is c1cc2cc(C3OCCO3)ccc2o1. The Bertz CT molecular complexity index is 440.